The molecule has 1 fully saturated rings. The zero-order chi connectivity index (χ0) is 15.2. The molecule has 0 heterocycles. The second kappa shape index (κ2) is 7.92. The Labute approximate surface area is 129 Å². The van der Waals surface area contributed by atoms with Gasteiger partial charge in [0.05, 0.1) is 6.10 Å². The topological polar surface area (TPSA) is 49.5 Å². The van der Waals surface area contributed by atoms with E-state index >= 15 is 0 Å². The maximum atomic E-state index is 10.4. The van der Waals surface area contributed by atoms with Crippen LogP contribution in [0.3, 0.4) is 0 Å². The Morgan fingerprint density at radius 1 is 1.19 bits per heavy atom. The zero-order valence-electron chi connectivity index (χ0n) is 13.5. The molecule has 1 aliphatic carbocycles. The maximum absolute atomic E-state index is 10.4. The predicted octanol–water partition coefficient (Wildman–Crippen LogP) is 3.08. The Morgan fingerprint density at radius 2 is 1.81 bits per heavy atom. The highest BCUT2D eigenvalue weighted by Gasteiger charge is 2.24. The van der Waals surface area contributed by atoms with Gasteiger partial charge in [-0.3, -0.25) is 0 Å². The lowest BCUT2D eigenvalue weighted by Crippen LogP contribution is -2.37. The molecule has 3 nitrogen and oxygen atoms in total. The second-order valence-electron chi connectivity index (χ2n) is 6.48. The molecular weight excluding hydrogens is 260 g/mol. The number of benzene rings is 1. The Bertz CT molecular complexity index is 410. The van der Waals surface area contributed by atoms with Crippen LogP contribution in [0.25, 0.3) is 0 Å². The molecule has 2 rings (SSSR count). The molecule has 0 aromatic heterocycles. The largest absolute Gasteiger partial charge is 0.387 e. The number of hydrogen-bond acceptors (Lipinski definition) is 3. The monoisotopic (exact) mass is 290 g/mol. The van der Waals surface area contributed by atoms with E-state index in [1.54, 1.807) is 0 Å². The van der Waals surface area contributed by atoms with Crippen LogP contribution in [0.15, 0.2) is 24.3 Å². The second-order valence-corrected chi connectivity index (χ2v) is 6.48. The lowest BCUT2D eigenvalue weighted by atomic mass is 9.84. The van der Waals surface area contributed by atoms with Crippen LogP contribution in [0.1, 0.15) is 56.3 Å². The summed E-state index contributed by atoms with van der Waals surface area (Å²) in [5, 5.41) is 10.4. The lowest BCUT2D eigenvalue weighted by Gasteiger charge is -2.35. The molecule has 1 aromatic rings. The van der Waals surface area contributed by atoms with Crippen LogP contribution >= 0.6 is 0 Å². The lowest BCUT2D eigenvalue weighted by molar-refractivity contribution is 0.0840. The van der Waals surface area contributed by atoms with Gasteiger partial charge in [0.25, 0.3) is 0 Å². The summed E-state index contributed by atoms with van der Waals surface area (Å²) in [5.41, 5.74) is 7.70. The number of aliphatic hydroxyl groups excluding tert-OH is 1. The molecule has 1 aromatic carbocycles. The molecule has 0 aliphatic heterocycles. The van der Waals surface area contributed by atoms with Gasteiger partial charge in [-0.15, -0.1) is 0 Å². The van der Waals surface area contributed by atoms with Crippen LogP contribution in [0.2, 0.25) is 0 Å². The molecule has 1 saturated carbocycles. The first kappa shape index (κ1) is 16.5. The highest BCUT2D eigenvalue weighted by molar-refractivity contribution is 5.24. The van der Waals surface area contributed by atoms with Crippen LogP contribution in [-0.2, 0) is 6.54 Å². The highest BCUT2D eigenvalue weighted by atomic mass is 16.3. The van der Waals surface area contributed by atoms with E-state index in [0.29, 0.717) is 19.1 Å². The normalized spacial score (nSPS) is 24.2. The minimum atomic E-state index is -0.411. The molecule has 0 radical (unpaired) electrons. The van der Waals surface area contributed by atoms with Crippen LogP contribution in [0.5, 0.6) is 0 Å². The minimum absolute atomic E-state index is 0.411. The first-order valence-corrected chi connectivity index (χ1v) is 8.31. The van der Waals surface area contributed by atoms with Crippen LogP contribution in [0.4, 0.5) is 0 Å². The standard InChI is InChI=1S/C18H30N2O/c1-3-14-6-10-17(11-7-14)20(2)13-18(21)16-8-4-15(12-19)5-9-16/h4-5,8-9,14,17-18,21H,3,6-7,10-13,19H2,1-2H3. The van der Waals surface area contributed by atoms with Crippen molar-refractivity contribution in [1.29, 1.82) is 0 Å². The van der Waals surface area contributed by atoms with E-state index < -0.39 is 6.10 Å². The molecule has 118 valence electrons. The summed E-state index contributed by atoms with van der Waals surface area (Å²) in [6, 6.07) is 8.63. The van der Waals surface area contributed by atoms with Crippen LogP contribution in [-0.4, -0.2) is 29.6 Å². The molecule has 0 spiro atoms. The molecular formula is C18H30N2O. The average molecular weight is 290 g/mol. The number of likely N-dealkylation sites (N-methyl/N-ethyl adjacent to an activating group) is 1. The van der Waals surface area contributed by atoms with Crippen LogP contribution < -0.4 is 5.73 Å². The smallest absolute Gasteiger partial charge is 0.0916 e. The van der Waals surface area contributed by atoms with Gasteiger partial charge in [-0.1, -0.05) is 37.6 Å². The van der Waals surface area contributed by atoms with E-state index in [2.05, 4.69) is 18.9 Å². The van der Waals surface area contributed by atoms with Gasteiger partial charge in [-0.05, 0) is 49.8 Å². The van der Waals surface area contributed by atoms with Crippen molar-refractivity contribution in [3.63, 3.8) is 0 Å². The van der Waals surface area contributed by atoms with Crippen molar-refractivity contribution in [3.8, 4) is 0 Å². The summed E-state index contributed by atoms with van der Waals surface area (Å²) in [5.74, 6) is 0.920. The Hall–Kier alpha value is -0.900. The third-order valence-electron chi connectivity index (χ3n) is 5.08. The summed E-state index contributed by atoms with van der Waals surface area (Å²) < 4.78 is 0. The third kappa shape index (κ3) is 4.53. The fourth-order valence-corrected chi connectivity index (χ4v) is 3.40. The quantitative estimate of drug-likeness (QED) is 0.846. The van der Waals surface area contributed by atoms with E-state index in [0.717, 1.165) is 17.0 Å². The van der Waals surface area contributed by atoms with Gasteiger partial charge < -0.3 is 15.7 Å². The SMILES string of the molecule is CCC1CCC(N(C)CC(O)c2ccc(CN)cc2)CC1. The molecule has 0 amide bonds. The molecule has 1 unspecified atom stereocenters. The summed E-state index contributed by atoms with van der Waals surface area (Å²) >= 11 is 0. The van der Waals surface area contributed by atoms with Crippen molar-refractivity contribution in [1.82, 2.24) is 4.90 Å². The Morgan fingerprint density at radius 3 is 2.33 bits per heavy atom. The number of nitrogens with zero attached hydrogens (tertiary/aromatic N) is 1. The Kier molecular flexibility index (Phi) is 6.22. The first-order chi connectivity index (χ1) is 10.1. The van der Waals surface area contributed by atoms with Gasteiger partial charge in [-0.2, -0.15) is 0 Å². The molecule has 1 aliphatic rings. The predicted molar refractivity (Wildman–Crippen MR) is 88.0 cm³/mol. The summed E-state index contributed by atoms with van der Waals surface area (Å²) in [4.78, 5) is 2.34. The van der Waals surface area contributed by atoms with Crippen molar-refractivity contribution in [2.24, 2.45) is 11.7 Å². The summed E-state index contributed by atoms with van der Waals surface area (Å²) in [6.07, 6.45) is 6.12. The molecule has 1 atom stereocenters. The average Bonchev–Trinajstić information content (AvgIpc) is 2.55. The number of aliphatic hydroxyl groups is 1. The van der Waals surface area contributed by atoms with Gasteiger partial charge >= 0.3 is 0 Å². The van der Waals surface area contributed by atoms with E-state index in [1.165, 1.54) is 32.1 Å². The van der Waals surface area contributed by atoms with Gasteiger partial charge in [0.15, 0.2) is 0 Å². The van der Waals surface area contributed by atoms with Gasteiger partial charge in [0, 0.05) is 19.1 Å². The van der Waals surface area contributed by atoms with E-state index in [-0.39, 0.29) is 0 Å². The Balaban J connectivity index is 1.85. The van der Waals surface area contributed by atoms with Gasteiger partial charge in [-0.25, -0.2) is 0 Å². The van der Waals surface area contributed by atoms with Gasteiger partial charge in [0.1, 0.15) is 0 Å². The third-order valence-corrected chi connectivity index (χ3v) is 5.08. The van der Waals surface area contributed by atoms with E-state index in [4.69, 9.17) is 5.73 Å². The van der Waals surface area contributed by atoms with Gasteiger partial charge in [0.2, 0.25) is 0 Å². The number of nitrogens with two attached hydrogens (primary N) is 1. The molecule has 3 N–H and O–H groups in total. The number of hydrogen-bond donors (Lipinski definition) is 2. The van der Waals surface area contributed by atoms with Crippen molar-refractivity contribution in [2.45, 2.75) is 57.7 Å². The molecule has 0 bridgehead atoms. The summed E-state index contributed by atoms with van der Waals surface area (Å²) in [6.45, 7) is 3.56. The van der Waals surface area contributed by atoms with Crippen molar-refractivity contribution >= 4 is 0 Å². The van der Waals surface area contributed by atoms with Crippen molar-refractivity contribution < 1.29 is 5.11 Å². The van der Waals surface area contributed by atoms with Crippen molar-refractivity contribution in [3.05, 3.63) is 35.4 Å². The van der Waals surface area contributed by atoms with Crippen LogP contribution in [0, 0.1) is 5.92 Å². The molecule has 21 heavy (non-hydrogen) atoms. The van der Waals surface area contributed by atoms with E-state index in [9.17, 15) is 5.11 Å². The number of rotatable bonds is 6. The van der Waals surface area contributed by atoms with Crippen molar-refractivity contribution in [2.75, 3.05) is 13.6 Å². The fourth-order valence-electron chi connectivity index (χ4n) is 3.40. The van der Waals surface area contributed by atoms with E-state index in [1.807, 2.05) is 24.3 Å². The summed E-state index contributed by atoms with van der Waals surface area (Å²) in [7, 11) is 2.15. The molecule has 3 heteroatoms. The fraction of sp³-hybridized carbons (Fsp3) is 0.667. The minimum Gasteiger partial charge on any atom is -0.387 e. The molecule has 0 saturated heterocycles. The first-order valence-electron chi connectivity index (χ1n) is 8.31. The zero-order valence-corrected chi connectivity index (χ0v) is 13.5. The maximum Gasteiger partial charge on any atom is 0.0916 e. The highest BCUT2D eigenvalue weighted by Crippen LogP contribution is 2.29.